The van der Waals surface area contributed by atoms with E-state index in [1.807, 2.05) is 0 Å². The number of rotatable bonds is 5. The fourth-order valence-corrected chi connectivity index (χ4v) is 1.83. The Labute approximate surface area is 106 Å². The Bertz CT molecular complexity index is 323. The zero-order valence-corrected chi connectivity index (χ0v) is 11.0. The molecule has 0 aromatic heterocycles. The van der Waals surface area contributed by atoms with Crippen molar-refractivity contribution in [2.45, 2.75) is 45.3 Å². The predicted octanol–water partition coefficient (Wildman–Crippen LogP) is 0.983. The summed E-state index contributed by atoms with van der Waals surface area (Å²) in [6.45, 7) is 5.04. The molecule has 0 aromatic carbocycles. The minimum atomic E-state index is -0.811. The van der Waals surface area contributed by atoms with Gasteiger partial charge in [0.25, 0.3) is 0 Å². The maximum absolute atomic E-state index is 11.5. The van der Waals surface area contributed by atoms with Gasteiger partial charge in [0.05, 0.1) is 18.6 Å². The zero-order chi connectivity index (χ0) is 13.9. The first-order valence-corrected chi connectivity index (χ1v) is 6.06. The van der Waals surface area contributed by atoms with E-state index >= 15 is 0 Å². The summed E-state index contributed by atoms with van der Waals surface area (Å²) >= 11 is 0. The van der Waals surface area contributed by atoms with Gasteiger partial charge in [-0.1, -0.05) is 0 Å². The number of aliphatic carboxylic acids is 1. The maximum atomic E-state index is 11.5. The average Bonchev–Trinajstić information content (AvgIpc) is 2.93. The molecule has 3 atom stereocenters. The molecule has 18 heavy (non-hydrogen) atoms. The molecule has 1 fully saturated rings. The van der Waals surface area contributed by atoms with Crippen molar-refractivity contribution in [1.29, 1.82) is 0 Å². The van der Waals surface area contributed by atoms with Gasteiger partial charge in [0, 0.05) is 0 Å². The van der Waals surface area contributed by atoms with Gasteiger partial charge in [-0.2, -0.15) is 0 Å². The van der Waals surface area contributed by atoms with Crippen LogP contribution in [0.3, 0.4) is 0 Å². The second-order valence-electron chi connectivity index (χ2n) is 5.70. The molecule has 1 amide bonds. The Morgan fingerprint density at radius 1 is 1.44 bits per heavy atom. The van der Waals surface area contributed by atoms with Gasteiger partial charge in [-0.15, -0.1) is 0 Å². The summed E-state index contributed by atoms with van der Waals surface area (Å²) in [5.41, 5.74) is -0.590. The molecule has 1 rings (SSSR count). The van der Waals surface area contributed by atoms with Gasteiger partial charge in [0.1, 0.15) is 5.60 Å². The summed E-state index contributed by atoms with van der Waals surface area (Å²) in [7, 11) is 0. The molecule has 6 heteroatoms. The second-order valence-corrected chi connectivity index (χ2v) is 5.70. The van der Waals surface area contributed by atoms with E-state index in [2.05, 4.69) is 5.32 Å². The van der Waals surface area contributed by atoms with Gasteiger partial charge in [0.15, 0.2) is 0 Å². The molecule has 1 aliphatic rings. The Kier molecular flexibility index (Phi) is 4.56. The summed E-state index contributed by atoms with van der Waals surface area (Å²) in [5.74, 6) is -1.11. The molecule has 0 aromatic rings. The first kappa shape index (κ1) is 14.8. The molecule has 0 radical (unpaired) electrons. The van der Waals surface area contributed by atoms with Crippen molar-refractivity contribution in [3.05, 3.63) is 0 Å². The van der Waals surface area contributed by atoms with E-state index in [9.17, 15) is 9.59 Å². The molecule has 1 saturated carbocycles. The number of aliphatic hydroxyl groups is 1. The van der Waals surface area contributed by atoms with Crippen molar-refractivity contribution >= 4 is 12.1 Å². The first-order valence-electron chi connectivity index (χ1n) is 6.06. The summed E-state index contributed by atoms with van der Waals surface area (Å²) < 4.78 is 5.07. The first-order chi connectivity index (χ1) is 8.23. The standard InChI is InChI=1S/C12H21NO5/c1-12(2,3)18-11(17)13-8(6-14)4-7-5-9(7)10(15)16/h7-9,14H,4-6H2,1-3H3,(H,13,17)(H,15,16). The number of aliphatic hydroxyl groups excluding tert-OH is 1. The smallest absolute Gasteiger partial charge is 0.407 e. The molecule has 6 nitrogen and oxygen atoms in total. The molecular weight excluding hydrogens is 238 g/mol. The fraction of sp³-hybridized carbons (Fsp3) is 0.833. The van der Waals surface area contributed by atoms with Crippen LogP contribution in [0.15, 0.2) is 0 Å². The highest BCUT2D eigenvalue weighted by Crippen LogP contribution is 2.42. The van der Waals surface area contributed by atoms with Crippen molar-refractivity contribution in [1.82, 2.24) is 5.32 Å². The van der Waals surface area contributed by atoms with E-state index in [-0.39, 0.29) is 18.4 Å². The summed E-state index contributed by atoms with van der Waals surface area (Å²) in [6, 6.07) is -0.450. The van der Waals surface area contributed by atoms with E-state index in [0.717, 1.165) is 0 Å². The van der Waals surface area contributed by atoms with Crippen LogP contribution in [0.25, 0.3) is 0 Å². The minimum absolute atomic E-state index is 0.0367. The Morgan fingerprint density at radius 3 is 2.44 bits per heavy atom. The fourth-order valence-electron chi connectivity index (χ4n) is 1.83. The SMILES string of the molecule is CC(C)(C)OC(=O)NC(CO)CC1CC1C(=O)O. The number of nitrogens with one attached hydrogen (secondary N) is 1. The normalized spacial score (nSPS) is 24.2. The molecule has 0 aliphatic heterocycles. The van der Waals surface area contributed by atoms with Crippen molar-refractivity contribution in [3.8, 4) is 0 Å². The number of amides is 1. The van der Waals surface area contributed by atoms with E-state index < -0.39 is 23.7 Å². The number of carbonyl (C=O) groups excluding carboxylic acids is 1. The highest BCUT2D eigenvalue weighted by atomic mass is 16.6. The molecule has 0 saturated heterocycles. The van der Waals surface area contributed by atoms with Gasteiger partial charge in [0.2, 0.25) is 0 Å². The number of carboxylic acid groups (broad SMARTS) is 1. The number of carbonyl (C=O) groups is 2. The van der Waals surface area contributed by atoms with Crippen LogP contribution >= 0.6 is 0 Å². The van der Waals surface area contributed by atoms with Gasteiger partial charge in [-0.25, -0.2) is 4.79 Å². The monoisotopic (exact) mass is 259 g/mol. The van der Waals surface area contributed by atoms with Crippen molar-refractivity contribution in [3.63, 3.8) is 0 Å². The zero-order valence-electron chi connectivity index (χ0n) is 11.0. The molecule has 104 valence electrons. The van der Waals surface area contributed by atoms with E-state index in [1.54, 1.807) is 20.8 Å². The van der Waals surface area contributed by atoms with Crippen LogP contribution in [-0.2, 0) is 9.53 Å². The summed E-state index contributed by atoms with van der Waals surface area (Å²) in [4.78, 5) is 22.2. The Balaban J connectivity index is 2.34. The van der Waals surface area contributed by atoms with Gasteiger partial charge < -0.3 is 20.3 Å². The number of hydrogen-bond acceptors (Lipinski definition) is 4. The Hall–Kier alpha value is -1.30. The van der Waals surface area contributed by atoms with E-state index in [1.165, 1.54) is 0 Å². The average molecular weight is 259 g/mol. The van der Waals surface area contributed by atoms with Gasteiger partial charge in [-0.3, -0.25) is 4.79 Å². The lowest BCUT2D eigenvalue weighted by Gasteiger charge is -2.22. The molecule has 3 unspecified atom stereocenters. The van der Waals surface area contributed by atoms with Crippen molar-refractivity contribution in [2.24, 2.45) is 11.8 Å². The van der Waals surface area contributed by atoms with Crippen LogP contribution < -0.4 is 5.32 Å². The predicted molar refractivity (Wildman–Crippen MR) is 64.1 cm³/mol. The van der Waals surface area contributed by atoms with Crippen LogP contribution in [0, 0.1) is 11.8 Å². The molecule has 3 N–H and O–H groups in total. The molecule has 0 heterocycles. The topological polar surface area (TPSA) is 95.9 Å². The van der Waals surface area contributed by atoms with Crippen LogP contribution in [-0.4, -0.2) is 40.5 Å². The minimum Gasteiger partial charge on any atom is -0.481 e. The van der Waals surface area contributed by atoms with Crippen molar-refractivity contribution in [2.75, 3.05) is 6.61 Å². The van der Waals surface area contributed by atoms with Crippen LogP contribution in [0.2, 0.25) is 0 Å². The number of carboxylic acids is 1. The van der Waals surface area contributed by atoms with Crippen LogP contribution in [0.1, 0.15) is 33.6 Å². The van der Waals surface area contributed by atoms with Gasteiger partial charge in [-0.05, 0) is 39.5 Å². The van der Waals surface area contributed by atoms with E-state index in [0.29, 0.717) is 12.8 Å². The van der Waals surface area contributed by atoms with E-state index in [4.69, 9.17) is 14.9 Å². The van der Waals surface area contributed by atoms with Crippen molar-refractivity contribution < 1.29 is 24.5 Å². The lowest BCUT2D eigenvalue weighted by Crippen LogP contribution is -2.41. The van der Waals surface area contributed by atoms with Crippen LogP contribution in [0.4, 0.5) is 4.79 Å². The number of ether oxygens (including phenoxy) is 1. The highest BCUT2D eigenvalue weighted by molar-refractivity contribution is 5.73. The lowest BCUT2D eigenvalue weighted by atomic mass is 10.1. The third kappa shape index (κ3) is 4.91. The number of alkyl carbamates (subject to hydrolysis) is 1. The number of hydrogen-bond donors (Lipinski definition) is 3. The maximum Gasteiger partial charge on any atom is 0.407 e. The lowest BCUT2D eigenvalue weighted by molar-refractivity contribution is -0.138. The molecule has 1 aliphatic carbocycles. The largest absolute Gasteiger partial charge is 0.481 e. The molecular formula is C12H21NO5. The second kappa shape index (κ2) is 5.56. The third-order valence-electron chi connectivity index (χ3n) is 2.77. The molecule has 0 bridgehead atoms. The molecule has 0 spiro atoms. The quantitative estimate of drug-likeness (QED) is 0.684. The summed E-state index contributed by atoms with van der Waals surface area (Å²) in [6.07, 6.45) is 0.489. The van der Waals surface area contributed by atoms with Gasteiger partial charge >= 0.3 is 12.1 Å². The third-order valence-corrected chi connectivity index (χ3v) is 2.77. The summed E-state index contributed by atoms with van der Waals surface area (Å²) in [5, 5.41) is 20.5. The van der Waals surface area contributed by atoms with Crippen LogP contribution in [0.5, 0.6) is 0 Å². The Morgan fingerprint density at radius 2 is 2.06 bits per heavy atom. The highest BCUT2D eigenvalue weighted by Gasteiger charge is 2.44.